The summed E-state index contributed by atoms with van der Waals surface area (Å²) >= 11 is 1.11. The second-order valence-electron chi connectivity index (χ2n) is 5.26. The van der Waals surface area contributed by atoms with Gasteiger partial charge in [-0.25, -0.2) is 0 Å². The van der Waals surface area contributed by atoms with Crippen LogP contribution < -0.4 is 4.87 Å². The Morgan fingerprint density at radius 1 is 1.58 bits per heavy atom. The molecule has 1 aromatic rings. The zero-order valence-electron chi connectivity index (χ0n) is 11.3. The molecule has 0 bridgehead atoms. The van der Waals surface area contributed by atoms with Crippen molar-refractivity contribution in [1.82, 2.24) is 9.47 Å². The van der Waals surface area contributed by atoms with Crippen molar-refractivity contribution in [1.29, 1.82) is 0 Å². The van der Waals surface area contributed by atoms with Crippen molar-refractivity contribution in [3.8, 4) is 0 Å². The van der Waals surface area contributed by atoms with Gasteiger partial charge in [0.25, 0.3) is 0 Å². The predicted octanol–water partition coefficient (Wildman–Crippen LogP) is 0.838. The number of aliphatic hydroxyl groups excluding tert-OH is 1. The standard InChI is InChI=1S/C13H20N2O3S/c1-9-8-19-13(18)15(9)7-12(17)14(2)6-10-4-3-5-11(10)16/h8,10-11,16H,3-7H2,1-2H3. The van der Waals surface area contributed by atoms with Gasteiger partial charge in [0.1, 0.15) is 6.54 Å². The van der Waals surface area contributed by atoms with Gasteiger partial charge in [-0.3, -0.25) is 14.2 Å². The average molecular weight is 284 g/mol. The van der Waals surface area contributed by atoms with E-state index in [1.807, 2.05) is 6.92 Å². The van der Waals surface area contributed by atoms with Gasteiger partial charge in [0, 0.05) is 30.6 Å². The van der Waals surface area contributed by atoms with Gasteiger partial charge in [0.2, 0.25) is 5.91 Å². The van der Waals surface area contributed by atoms with Crippen molar-refractivity contribution in [3.05, 3.63) is 20.7 Å². The number of aliphatic hydroxyl groups is 1. The molecule has 2 unspecified atom stereocenters. The smallest absolute Gasteiger partial charge is 0.307 e. The Labute approximate surface area is 116 Å². The monoisotopic (exact) mass is 284 g/mol. The van der Waals surface area contributed by atoms with Crippen molar-refractivity contribution in [3.63, 3.8) is 0 Å². The van der Waals surface area contributed by atoms with E-state index in [2.05, 4.69) is 0 Å². The molecule has 1 fully saturated rings. The molecule has 2 atom stereocenters. The third-order valence-corrected chi connectivity index (χ3v) is 4.70. The third-order valence-electron chi connectivity index (χ3n) is 3.82. The van der Waals surface area contributed by atoms with Crippen LogP contribution in [0.25, 0.3) is 0 Å². The Bertz CT molecular complexity index is 508. The van der Waals surface area contributed by atoms with E-state index in [4.69, 9.17) is 0 Å². The van der Waals surface area contributed by atoms with Crippen LogP contribution in [-0.2, 0) is 11.3 Å². The van der Waals surface area contributed by atoms with Gasteiger partial charge in [-0.1, -0.05) is 17.8 Å². The number of thiazole rings is 1. The normalized spacial score (nSPS) is 22.7. The number of rotatable bonds is 4. The maximum Gasteiger partial charge on any atom is 0.307 e. The first-order chi connectivity index (χ1) is 8.99. The highest BCUT2D eigenvalue weighted by molar-refractivity contribution is 7.07. The zero-order chi connectivity index (χ0) is 14.0. The Kier molecular flexibility index (Phi) is 4.42. The lowest BCUT2D eigenvalue weighted by atomic mass is 10.1. The van der Waals surface area contributed by atoms with Crippen LogP contribution in [0.3, 0.4) is 0 Å². The van der Waals surface area contributed by atoms with Crippen LogP contribution in [0, 0.1) is 12.8 Å². The lowest BCUT2D eigenvalue weighted by Gasteiger charge is -2.23. The minimum absolute atomic E-state index is 0.0808. The van der Waals surface area contributed by atoms with E-state index >= 15 is 0 Å². The van der Waals surface area contributed by atoms with Gasteiger partial charge < -0.3 is 10.0 Å². The summed E-state index contributed by atoms with van der Waals surface area (Å²) in [4.78, 5) is 25.2. The van der Waals surface area contributed by atoms with Crippen molar-refractivity contribution < 1.29 is 9.90 Å². The first-order valence-electron chi connectivity index (χ1n) is 6.56. The van der Waals surface area contributed by atoms with Crippen LogP contribution in [0.5, 0.6) is 0 Å². The molecule has 0 radical (unpaired) electrons. The number of hydrogen-bond donors (Lipinski definition) is 1. The number of carbonyl (C=O) groups is 1. The summed E-state index contributed by atoms with van der Waals surface area (Å²) in [6.07, 6.45) is 2.53. The second-order valence-corrected chi connectivity index (χ2v) is 6.08. The minimum Gasteiger partial charge on any atom is -0.393 e. The van der Waals surface area contributed by atoms with E-state index in [-0.39, 0.29) is 29.3 Å². The summed E-state index contributed by atoms with van der Waals surface area (Å²) in [5.41, 5.74) is 0.817. The fraction of sp³-hybridized carbons (Fsp3) is 0.692. The highest BCUT2D eigenvalue weighted by atomic mass is 32.1. The molecule has 0 aliphatic heterocycles. The lowest BCUT2D eigenvalue weighted by molar-refractivity contribution is -0.131. The molecule has 1 amide bonds. The number of hydrogen-bond acceptors (Lipinski definition) is 4. The fourth-order valence-corrected chi connectivity index (χ4v) is 3.27. The molecule has 0 aromatic carbocycles. The Hall–Kier alpha value is -1.14. The molecule has 1 aromatic heterocycles. The van der Waals surface area contributed by atoms with E-state index in [0.717, 1.165) is 36.3 Å². The van der Waals surface area contributed by atoms with Gasteiger partial charge >= 0.3 is 4.87 Å². The van der Waals surface area contributed by atoms with Gasteiger partial charge in [-0.15, -0.1) is 0 Å². The molecule has 1 heterocycles. The van der Waals surface area contributed by atoms with Crippen LogP contribution in [0.15, 0.2) is 10.2 Å². The molecule has 106 valence electrons. The Balaban J connectivity index is 1.94. The first-order valence-corrected chi connectivity index (χ1v) is 7.44. The molecule has 0 saturated heterocycles. The number of amides is 1. The van der Waals surface area contributed by atoms with Crippen LogP contribution in [0.2, 0.25) is 0 Å². The van der Waals surface area contributed by atoms with Crippen molar-refractivity contribution in [2.45, 2.75) is 38.8 Å². The molecule has 1 aliphatic rings. The van der Waals surface area contributed by atoms with E-state index in [9.17, 15) is 14.7 Å². The molecule has 2 rings (SSSR count). The summed E-state index contributed by atoms with van der Waals surface area (Å²) in [6, 6.07) is 0. The third kappa shape index (κ3) is 3.25. The molecule has 0 spiro atoms. The Morgan fingerprint density at radius 2 is 2.32 bits per heavy atom. The van der Waals surface area contributed by atoms with Gasteiger partial charge in [-0.2, -0.15) is 0 Å². The number of carbonyl (C=O) groups excluding carboxylic acids is 1. The number of aryl methyl sites for hydroxylation is 1. The topological polar surface area (TPSA) is 62.5 Å². The summed E-state index contributed by atoms with van der Waals surface area (Å²) in [6.45, 7) is 2.48. The highest BCUT2D eigenvalue weighted by Crippen LogP contribution is 2.26. The van der Waals surface area contributed by atoms with E-state index < -0.39 is 0 Å². The fourth-order valence-electron chi connectivity index (χ4n) is 2.54. The molecule has 1 saturated carbocycles. The van der Waals surface area contributed by atoms with E-state index in [0.29, 0.717) is 6.54 Å². The number of nitrogens with zero attached hydrogens (tertiary/aromatic N) is 2. The van der Waals surface area contributed by atoms with E-state index in [1.54, 1.807) is 17.3 Å². The summed E-state index contributed by atoms with van der Waals surface area (Å²) in [5, 5.41) is 11.5. The average Bonchev–Trinajstić information content (AvgIpc) is 2.90. The lowest BCUT2D eigenvalue weighted by Crippen LogP contribution is -2.37. The molecule has 19 heavy (non-hydrogen) atoms. The molecule has 6 heteroatoms. The maximum absolute atomic E-state index is 12.1. The predicted molar refractivity (Wildman–Crippen MR) is 74.3 cm³/mol. The minimum atomic E-state index is -0.291. The molecule has 1 N–H and O–H groups in total. The van der Waals surface area contributed by atoms with Crippen molar-refractivity contribution in [2.24, 2.45) is 5.92 Å². The number of likely N-dealkylation sites (N-methyl/N-ethyl adjacent to an activating group) is 1. The van der Waals surface area contributed by atoms with Gasteiger partial charge in [-0.05, 0) is 19.8 Å². The Morgan fingerprint density at radius 3 is 2.84 bits per heavy atom. The first kappa shape index (κ1) is 14.3. The molecule has 5 nitrogen and oxygen atoms in total. The molecule has 1 aliphatic carbocycles. The summed E-state index contributed by atoms with van der Waals surface area (Å²) in [7, 11) is 1.74. The van der Waals surface area contributed by atoms with Gasteiger partial charge in [0.05, 0.1) is 6.10 Å². The van der Waals surface area contributed by atoms with Gasteiger partial charge in [0.15, 0.2) is 0 Å². The summed E-state index contributed by atoms with van der Waals surface area (Å²) in [5.74, 6) is 0.0944. The van der Waals surface area contributed by atoms with Crippen molar-refractivity contribution >= 4 is 17.2 Å². The maximum atomic E-state index is 12.1. The molecular weight excluding hydrogens is 264 g/mol. The van der Waals surface area contributed by atoms with Crippen LogP contribution >= 0.6 is 11.3 Å². The SMILES string of the molecule is Cc1csc(=O)n1CC(=O)N(C)CC1CCCC1O. The van der Waals surface area contributed by atoms with Crippen LogP contribution in [0.4, 0.5) is 0 Å². The van der Waals surface area contributed by atoms with Crippen LogP contribution in [0.1, 0.15) is 25.0 Å². The van der Waals surface area contributed by atoms with Crippen LogP contribution in [-0.4, -0.2) is 40.2 Å². The number of aromatic nitrogens is 1. The summed E-state index contributed by atoms with van der Waals surface area (Å²) < 4.78 is 1.49. The van der Waals surface area contributed by atoms with Crippen molar-refractivity contribution in [2.75, 3.05) is 13.6 Å². The largest absolute Gasteiger partial charge is 0.393 e. The van der Waals surface area contributed by atoms with E-state index in [1.165, 1.54) is 4.57 Å². The zero-order valence-corrected chi connectivity index (χ0v) is 12.2. The quantitative estimate of drug-likeness (QED) is 0.891. The second kappa shape index (κ2) is 5.88. The molecular formula is C13H20N2O3S. The highest BCUT2D eigenvalue weighted by Gasteiger charge is 2.27.